The Morgan fingerprint density at radius 2 is 2.04 bits per heavy atom. The molecule has 1 heterocycles. The topological polar surface area (TPSA) is 109 Å². The smallest absolute Gasteiger partial charge is 0.323 e. The van der Waals surface area contributed by atoms with Crippen molar-refractivity contribution in [2.75, 3.05) is 19.9 Å². The first-order valence-corrected chi connectivity index (χ1v) is 7.25. The molecule has 0 amide bonds. The molecule has 2 rings (SSSR count). The second-order valence-corrected chi connectivity index (χ2v) is 4.90. The van der Waals surface area contributed by atoms with Gasteiger partial charge >= 0.3 is 5.97 Å². The van der Waals surface area contributed by atoms with Crippen molar-refractivity contribution in [3.63, 3.8) is 0 Å². The van der Waals surface area contributed by atoms with Crippen LogP contribution in [0.15, 0.2) is 35.4 Å². The number of esters is 1. The average Bonchev–Trinajstić information content (AvgIpc) is 2.54. The zero-order valence-electron chi connectivity index (χ0n) is 12.8. The summed E-state index contributed by atoms with van der Waals surface area (Å²) in [5, 5.41) is 18.3. The number of nitrogens with zero attached hydrogens (tertiary/aromatic N) is 3. The summed E-state index contributed by atoms with van der Waals surface area (Å²) < 4.78 is 5.15. The number of nitrogens with one attached hydrogen (secondary N) is 2. The van der Waals surface area contributed by atoms with Gasteiger partial charge in [-0.05, 0) is 18.9 Å². The quantitative estimate of drug-likeness (QED) is 0.435. The summed E-state index contributed by atoms with van der Waals surface area (Å²) in [5.41, 5.74) is 1.01. The van der Waals surface area contributed by atoms with Crippen LogP contribution in [0.4, 0.5) is 0 Å². The predicted octanol–water partition coefficient (Wildman–Crippen LogP) is 0.118. The number of rotatable bonds is 6. The van der Waals surface area contributed by atoms with E-state index < -0.39 is 11.1 Å². The van der Waals surface area contributed by atoms with Crippen LogP contribution in [-0.2, 0) is 16.0 Å². The third-order valence-corrected chi connectivity index (χ3v) is 3.35. The van der Waals surface area contributed by atoms with Crippen molar-refractivity contribution in [2.24, 2.45) is 5.10 Å². The van der Waals surface area contributed by atoms with Gasteiger partial charge in [0.2, 0.25) is 0 Å². The van der Waals surface area contributed by atoms with Crippen LogP contribution in [0.5, 0.6) is 0 Å². The van der Waals surface area contributed by atoms with Gasteiger partial charge in [0, 0.05) is 0 Å². The van der Waals surface area contributed by atoms with Gasteiger partial charge in [-0.3, -0.25) is 9.69 Å². The maximum Gasteiger partial charge on any atom is 0.323 e. The van der Waals surface area contributed by atoms with E-state index in [9.17, 15) is 14.9 Å². The lowest BCUT2D eigenvalue weighted by atomic mass is 10.1. The highest BCUT2D eigenvalue weighted by Crippen LogP contribution is 2.11. The Labute approximate surface area is 133 Å². The number of hydrazone groups is 1. The van der Waals surface area contributed by atoms with Gasteiger partial charge in [0.05, 0.1) is 19.9 Å². The average molecular weight is 321 g/mol. The molecule has 1 aliphatic rings. The first kappa shape index (κ1) is 16.7. The van der Waals surface area contributed by atoms with E-state index in [0.717, 1.165) is 5.56 Å². The molecule has 1 aromatic rings. The van der Waals surface area contributed by atoms with Crippen LogP contribution >= 0.6 is 0 Å². The van der Waals surface area contributed by atoms with Gasteiger partial charge in [-0.1, -0.05) is 30.3 Å². The molecule has 1 saturated heterocycles. The fraction of sp³-hybridized carbons (Fsp3) is 0.429. The van der Waals surface area contributed by atoms with Crippen molar-refractivity contribution >= 4 is 11.9 Å². The molecule has 0 saturated carbocycles. The molecule has 0 spiro atoms. The molecule has 9 nitrogen and oxygen atoms in total. The van der Waals surface area contributed by atoms with Crippen molar-refractivity contribution in [1.29, 1.82) is 0 Å². The van der Waals surface area contributed by atoms with E-state index in [4.69, 9.17) is 4.74 Å². The Morgan fingerprint density at radius 1 is 1.39 bits per heavy atom. The second kappa shape index (κ2) is 8.08. The summed E-state index contributed by atoms with van der Waals surface area (Å²) in [5.74, 6) is -0.247. The van der Waals surface area contributed by atoms with E-state index in [-0.39, 0.29) is 25.3 Å². The molecule has 1 aromatic carbocycles. The van der Waals surface area contributed by atoms with Crippen molar-refractivity contribution in [3.05, 3.63) is 46.0 Å². The van der Waals surface area contributed by atoms with Crippen LogP contribution in [0.25, 0.3) is 0 Å². The fourth-order valence-corrected chi connectivity index (χ4v) is 2.28. The Morgan fingerprint density at radius 3 is 2.61 bits per heavy atom. The lowest BCUT2D eigenvalue weighted by Gasteiger charge is -2.34. The molecule has 1 fully saturated rings. The Balaban J connectivity index is 2.06. The van der Waals surface area contributed by atoms with Crippen LogP contribution in [0, 0.1) is 10.1 Å². The van der Waals surface area contributed by atoms with Crippen LogP contribution in [0.2, 0.25) is 0 Å². The Bertz CT molecular complexity index is 568. The zero-order chi connectivity index (χ0) is 16.7. The summed E-state index contributed by atoms with van der Waals surface area (Å²) >= 11 is 0. The van der Waals surface area contributed by atoms with Crippen molar-refractivity contribution < 1.29 is 14.6 Å². The highest BCUT2D eigenvalue weighted by Gasteiger charge is 2.30. The van der Waals surface area contributed by atoms with Gasteiger partial charge in [0.15, 0.2) is 5.03 Å². The Kier molecular flexibility index (Phi) is 5.87. The standard InChI is InChI=1S/C14H19N5O4/c1-2-23-13(20)12(8-11-6-4-3-5-7-11)18-9-15-14(16-10-18)17-19(21)22/h3-7,12H,2,8-10H2,1H3,(H2,15,16,17)/t12-/m0/s1. The minimum absolute atomic E-state index is 0.0774. The van der Waals surface area contributed by atoms with E-state index in [1.165, 1.54) is 0 Å². The molecule has 1 aliphatic heterocycles. The van der Waals surface area contributed by atoms with Gasteiger partial charge in [-0.2, -0.15) is 0 Å². The monoisotopic (exact) mass is 321 g/mol. The highest BCUT2D eigenvalue weighted by atomic mass is 16.7. The first-order valence-electron chi connectivity index (χ1n) is 7.25. The van der Waals surface area contributed by atoms with Gasteiger partial charge in [-0.15, -0.1) is 0 Å². The number of carbonyl (C=O) groups excluding carboxylic acids is 1. The number of hydrogen-bond donors (Lipinski definition) is 2. The molecule has 23 heavy (non-hydrogen) atoms. The normalized spacial score (nSPS) is 16.0. The largest absolute Gasteiger partial charge is 0.465 e. The molecule has 124 valence electrons. The molecule has 9 heteroatoms. The van der Waals surface area contributed by atoms with Gasteiger partial charge in [0.25, 0.3) is 5.96 Å². The third-order valence-electron chi connectivity index (χ3n) is 3.35. The summed E-state index contributed by atoms with van der Waals surface area (Å²) in [6, 6.07) is 9.12. The lowest BCUT2D eigenvalue weighted by molar-refractivity contribution is -0.485. The molecule has 0 aromatic heterocycles. The predicted molar refractivity (Wildman–Crippen MR) is 82.8 cm³/mol. The van der Waals surface area contributed by atoms with E-state index in [1.807, 2.05) is 35.2 Å². The van der Waals surface area contributed by atoms with Gasteiger partial charge < -0.3 is 15.4 Å². The maximum atomic E-state index is 12.2. The molecule has 1 atom stereocenters. The van der Waals surface area contributed by atoms with Crippen molar-refractivity contribution in [1.82, 2.24) is 15.5 Å². The first-order chi connectivity index (χ1) is 11.1. The molecule has 0 unspecified atom stereocenters. The SMILES string of the molecule is CCOC(=O)[C@H](Cc1ccccc1)N1CNC(=N[N+](=O)[O-])NC1. The van der Waals surface area contributed by atoms with Crippen molar-refractivity contribution in [3.8, 4) is 0 Å². The van der Waals surface area contributed by atoms with E-state index >= 15 is 0 Å². The zero-order valence-corrected chi connectivity index (χ0v) is 12.8. The third kappa shape index (κ3) is 4.92. The summed E-state index contributed by atoms with van der Waals surface area (Å²) in [4.78, 5) is 24.4. The van der Waals surface area contributed by atoms with Crippen molar-refractivity contribution in [2.45, 2.75) is 19.4 Å². The highest BCUT2D eigenvalue weighted by molar-refractivity contribution is 5.80. The molecular formula is C14H19N5O4. The second-order valence-electron chi connectivity index (χ2n) is 4.90. The molecule has 0 radical (unpaired) electrons. The van der Waals surface area contributed by atoms with E-state index in [1.54, 1.807) is 6.92 Å². The Hall–Kier alpha value is -2.68. The maximum absolute atomic E-state index is 12.2. The number of hydrogen-bond acceptors (Lipinski definition) is 5. The number of nitro groups is 1. The molecule has 0 bridgehead atoms. The van der Waals surface area contributed by atoms with Crippen LogP contribution in [-0.4, -0.2) is 47.8 Å². The number of ether oxygens (including phenoxy) is 1. The molecule has 2 N–H and O–H groups in total. The fourth-order valence-electron chi connectivity index (χ4n) is 2.28. The lowest BCUT2D eigenvalue weighted by Crippen LogP contribution is -2.60. The van der Waals surface area contributed by atoms with E-state index in [0.29, 0.717) is 13.0 Å². The minimum Gasteiger partial charge on any atom is -0.465 e. The van der Waals surface area contributed by atoms with Crippen LogP contribution < -0.4 is 10.6 Å². The number of guanidine groups is 1. The van der Waals surface area contributed by atoms with Gasteiger partial charge in [0.1, 0.15) is 11.1 Å². The van der Waals surface area contributed by atoms with Crippen LogP contribution in [0.3, 0.4) is 0 Å². The minimum atomic E-state index is -0.780. The summed E-state index contributed by atoms with van der Waals surface area (Å²) in [7, 11) is 0. The number of benzene rings is 1. The number of carbonyl (C=O) groups is 1. The van der Waals surface area contributed by atoms with Gasteiger partial charge in [-0.25, -0.2) is 10.1 Å². The molecule has 0 aliphatic carbocycles. The van der Waals surface area contributed by atoms with E-state index in [2.05, 4.69) is 15.7 Å². The summed E-state index contributed by atoms with van der Waals surface area (Å²) in [6.45, 7) is 2.57. The summed E-state index contributed by atoms with van der Waals surface area (Å²) in [6.07, 6.45) is 0.491. The molecular weight excluding hydrogens is 302 g/mol. The van der Waals surface area contributed by atoms with Crippen LogP contribution in [0.1, 0.15) is 12.5 Å².